The summed E-state index contributed by atoms with van der Waals surface area (Å²) >= 11 is 0. The average molecular weight is 209 g/mol. The third-order valence-corrected chi connectivity index (χ3v) is 3.54. The molecule has 1 saturated carbocycles. The van der Waals surface area contributed by atoms with Crippen LogP contribution in [0, 0.1) is 0 Å². The molecule has 0 saturated heterocycles. The van der Waals surface area contributed by atoms with Crippen molar-refractivity contribution in [3.05, 3.63) is 0 Å². The van der Waals surface area contributed by atoms with Crippen LogP contribution in [0.2, 0.25) is 0 Å². The molecule has 0 bridgehead atoms. The molecule has 1 aliphatic carbocycles. The second-order valence-electron chi connectivity index (χ2n) is 4.91. The van der Waals surface area contributed by atoms with E-state index in [-0.39, 0.29) is 0 Å². The number of nitrogens with one attached hydrogen (secondary N) is 1. The van der Waals surface area contributed by atoms with Crippen LogP contribution in [0.3, 0.4) is 0 Å². The number of nitrogens with zero attached hydrogens (tertiary/aromatic N) is 2. The topological polar surface area (TPSA) is 27.6 Å². The van der Waals surface area contributed by atoms with Crippen LogP contribution >= 0.6 is 0 Å². The molecule has 1 aliphatic heterocycles. The molecular formula is C12H23N3. The number of hydrogen-bond acceptors (Lipinski definition) is 3. The first-order valence-corrected chi connectivity index (χ1v) is 6.26. The van der Waals surface area contributed by atoms with Crippen molar-refractivity contribution < 1.29 is 0 Å². The monoisotopic (exact) mass is 209 g/mol. The van der Waals surface area contributed by atoms with Gasteiger partial charge in [0, 0.05) is 31.6 Å². The van der Waals surface area contributed by atoms with Gasteiger partial charge in [-0.1, -0.05) is 0 Å². The molecule has 1 atom stereocenters. The maximum Gasteiger partial charge on any atom is 0.0963 e. The van der Waals surface area contributed by atoms with Gasteiger partial charge in [0.2, 0.25) is 0 Å². The van der Waals surface area contributed by atoms with Gasteiger partial charge in [-0.15, -0.1) is 0 Å². The van der Waals surface area contributed by atoms with Crippen molar-refractivity contribution in [2.75, 3.05) is 20.1 Å². The minimum Gasteiger partial charge on any atom is -0.372 e. The van der Waals surface area contributed by atoms with E-state index in [0.29, 0.717) is 6.04 Å². The Morgan fingerprint density at radius 3 is 2.87 bits per heavy atom. The number of aliphatic imine (C=N–C) groups is 1. The van der Waals surface area contributed by atoms with Crippen molar-refractivity contribution in [2.45, 2.75) is 51.1 Å². The zero-order valence-corrected chi connectivity index (χ0v) is 10.00. The molecule has 2 aliphatic rings. The number of rotatable bonds is 4. The van der Waals surface area contributed by atoms with E-state index in [0.717, 1.165) is 25.6 Å². The Labute approximate surface area is 92.9 Å². The molecule has 0 spiro atoms. The first-order chi connectivity index (χ1) is 7.27. The van der Waals surface area contributed by atoms with Crippen molar-refractivity contribution in [3.8, 4) is 0 Å². The van der Waals surface area contributed by atoms with Gasteiger partial charge in [0.05, 0.1) is 5.84 Å². The molecule has 0 amide bonds. The van der Waals surface area contributed by atoms with Gasteiger partial charge in [-0.3, -0.25) is 9.89 Å². The van der Waals surface area contributed by atoms with Gasteiger partial charge < -0.3 is 5.32 Å². The summed E-state index contributed by atoms with van der Waals surface area (Å²) in [6.07, 6.45) is 6.50. The fourth-order valence-electron chi connectivity index (χ4n) is 2.09. The molecule has 1 N–H and O–H groups in total. The Bertz CT molecular complexity index is 233. The predicted octanol–water partition coefficient (Wildman–Crippen LogP) is 1.64. The number of amidine groups is 1. The van der Waals surface area contributed by atoms with E-state index in [1.807, 2.05) is 0 Å². The third kappa shape index (κ3) is 3.20. The molecule has 15 heavy (non-hydrogen) atoms. The Morgan fingerprint density at radius 1 is 1.47 bits per heavy atom. The maximum absolute atomic E-state index is 4.51. The van der Waals surface area contributed by atoms with Gasteiger partial charge in [-0.05, 0) is 39.7 Å². The van der Waals surface area contributed by atoms with Crippen molar-refractivity contribution in [2.24, 2.45) is 4.99 Å². The molecule has 1 heterocycles. The smallest absolute Gasteiger partial charge is 0.0963 e. The van der Waals surface area contributed by atoms with Crippen molar-refractivity contribution in [1.29, 1.82) is 0 Å². The summed E-state index contributed by atoms with van der Waals surface area (Å²) in [5.41, 5.74) is 0. The minimum atomic E-state index is 0.627. The van der Waals surface area contributed by atoms with Crippen LogP contribution in [-0.2, 0) is 0 Å². The van der Waals surface area contributed by atoms with Gasteiger partial charge in [-0.25, -0.2) is 0 Å². The van der Waals surface area contributed by atoms with Crippen LogP contribution in [0.1, 0.15) is 39.0 Å². The van der Waals surface area contributed by atoms with E-state index >= 15 is 0 Å². The summed E-state index contributed by atoms with van der Waals surface area (Å²) in [5, 5.41) is 3.49. The fourth-order valence-corrected chi connectivity index (χ4v) is 2.09. The Kier molecular flexibility index (Phi) is 3.62. The van der Waals surface area contributed by atoms with Gasteiger partial charge in [-0.2, -0.15) is 0 Å². The molecule has 0 aromatic rings. The SMILES string of the molecule is CC(CNC1=NCCCC1)N(C)C1CC1. The normalized spacial score (nSPS) is 23.8. The highest BCUT2D eigenvalue weighted by molar-refractivity contribution is 5.82. The summed E-state index contributed by atoms with van der Waals surface area (Å²) in [6.45, 7) is 4.37. The number of likely N-dealkylation sites (N-methyl/N-ethyl adjacent to an activating group) is 1. The molecule has 86 valence electrons. The molecule has 0 aromatic carbocycles. The van der Waals surface area contributed by atoms with E-state index in [1.54, 1.807) is 0 Å². The summed E-state index contributed by atoms with van der Waals surface area (Å²) in [7, 11) is 2.24. The number of hydrogen-bond donors (Lipinski definition) is 1. The lowest BCUT2D eigenvalue weighted by Gasteiger charge is -2.26. The Hall–Kier alpha value is -0.570. The highest BCUT2D eigenvalue weighted by Gasteiger charge is 2.28. The predicted molar refractivity (Wildman–Crippen MR) is 64.4 cm³/mol. The molecule has 1 unspecified atom stereocenters. The van der Waals surface area contributed by atoms with Crippen LogP contribution in [0.15, 0.2) is 4.99 Å². The second kappa shape index (κ2) is 4.97. The molecule has 0 aromatic heterocycles. The zero-order valence-electron chi connectivity index (χ0n) is 10.00. The van der Waals surface area contributed by atoms with Crippen LogP contribution in [0.5, 0.6) is 0 Å². The molecule has 1 fully saturated rings. The van der Waals surface area contributed by atoms with Gasteiger partial charge >= 0.3 is 0 Å². The zero-order chi connectivity index (χ0) is 10.7. The highest BCUT2D eigenvalue weighted by Crippen LogP contribution is 2.26. The van der Waals surface area contributed by atoms with E-state index in [2.05, 4.69) is 29.2 Å². The van der Waals surface area contributed by atoms with Crippen LogP contribution in [-0.4, -0.2) is 43.0 Å². The van der Waals surface area contributed by atoms with Gasteiger partial charge in [0.15, 0.2) is 0 Å². The van der Waals surface area contributed by atoms with E-state index < -0.39 is 0 Å². The van der Waals surface area contributed by atoms with Crippen LogP contribution in [0.4, 0.5) is 0 Å². The molecule has 3 nitrogen and oxygen atoms in total. The average Bonchev–Trinajstić information content (AvgIpc) is 3.10. The molecule has 3 heteroatoms. The molecule has 0 radical (unpaired) electrons. The summed E-state index contributed by atoms with van der Waals surface area (Å²) in [5.74, 6) is 1.23. The molecular weight excluding hydrogens is 186 g/mol. The minimum absolute atomic E-state index is 0.627. The third-order valence-electron chi connectivity index (χ3n) is 3.54. The van der Waals surface area contributed by atoms with Crippen molar-refractivity contribution in [3.63, 3.8) is 0 Å². The standard InChI is InChI=1S/C12H23N3/c1-10(15(2)11-6-7-11)9-14-12-5-3-4-8-13-12/h10-11H,3-9H2,1-2H3,(H,13,14). The van der Waals surface area contributed by atoms with E-state index in [4.69, 9.17) is 0 Å². The summed E-state index contributed by atoms with van der Waals surface area (Å²) in [4.78, 5) is 7.00. The van der Waals surface area contributed by atoms with E-state index in [1.165, 1.54) is 31.5 Å². The summed E-state index contributed by atoms with van der Waals surface area (Å²) < 4.78 is 0. The van der Waals surface area contributed by atoms with Crippen LogP contribution in [0.25, 0.3) is 0 Å². The van der Waals surface area contributed by atoms with E-state index in [9.17, 15) is 0 Å². The van der Waals surface area contributed by atoms with Crippen LogP contribution < -0.4 is 5.32 Å². The van der Waals surface area contributed by atoms with Gasteiger partial charge in [0.1, 0.15) is 0 Å². The lowest BCUT2D eigenvalue weighted by atomic mass is 10.2. The van der Waals surface area contributed by atoms with Crippen molar-refractivity contribution >= 4 is 5.84 Å². The second-order valence-corrected chi connectivity index (χ2v) is 4.91. The maximum atomic E-state index is 4.51. The lowest BCUT2D eigenvalue weighted by Crippen LogP contribution is -2.41. The van der Waals surface area contributed by atoms with Gasteiger partial charge in [0.25, 0.3) is 0 Å². The lowest BCUT2D eigenvalue weighted by molar-refractivity contribution is 0.247. The highest BCUT2D eigenvalue weighted by atomic mass is 15.2. The summed E-state index contributed by atoms with van der Waals surface area (Å²) in [6, 6.07) is 1.48. The fraction of sp³-hybridized carbons (Fsp3) is 0.917. The molecule has 2 rings (SSSR count). The first-order valence-electron chi connectivity index (χ1n) is 6.26. The Morgan fingerprint density at radius 2 is 2.27 bits per heavy atom. The largest absolute Gasteiger partial charge is 0.372 e. The Balaban J connectivity index is 1.69. The quantitative estimate of drug-likeness (QED) is 0.762. The van der Waals surface area contributed by atoms with Crippen molar-refractivity contribution in [1.82, 2.24) is 10.2 Å². The first kappa shape index (κ1) is 10.9.